The molecule has 0 aromatic carbocycles. The van der Waals surface area contributed by atoms with E-state index in [1.807, 2.05) is 32.6 Å². The lowest BCUT2D eigenvalue weighted by Crippen LogP contribution is -2.31. The monoisotopic (exact) mass is 328 g/mol. The molecular weight excluding hydrogens is 308 g/mol. The number of rotatable bonds is 6. The van der Waals surface area contributed by atoms with Crippen LogP contribution >= 0.6 is 22.9 Å². The van der Waals surface area contributed by atoms with E-state index < -0.39 is 0 Å². The highest BCUT2D eigenvalue weighted by Gasteiger charge is 2.25. The van der Waals surface area contributed by atoms with E-state index in [0.717, 1.165) is 34.4 Å². The summed E-state index contributed by atoms with van der Waals surface area (Å²) >= 11 is 7.96. The third-order valence-electron chi connectivity index (χ3n) is 3.23. The second kappa shape index (κ2) is 6.85. The minimum Gasteiger partial charge on any atom is -0.308 e. The Hall–Kier alpha value is -0.990. The van der Waals surface area contributed by atoms with Crippen LogP contribution in [0.3, 0.4) is 0 Å². The van der Waals surface area contributed by atoms with Crippen molar-refractivity contribution in [3.05, 3.63) is 32.5 Å². The van der Waals surface area contributed by atoms with Gasteiger partial charge in [-0.2, -0.15) is 5.10 Å². The Bertz CT molecular complexity index is 606. The fourth-order valence-corrected chi connectivity index (χ4v) is 3.47. The highest BCUT2D eigenvalue weighted by molar-refractivity contribution is 7.11. The molecule has 0 saturated heterocycles. The van der Waals surface area contributed by atoms with Gasteiger partial charge in [0.1, 0.15) is 6.04 Å². The third-order valence-corrected chi connectivity index (χ3v) is 4.66. The second-order valence-corrected chi connectivity index (χ2v) is 6.83. The Morgan fingerprint density at radius 1 is 1.48 bits per heavy atom. The molecule has 0 aliphatic carbocycles. The van der Waals surface area contributed by atoms with Gasteiger partial charge in [0.15, 0.2) is 0 Å². The molecule has 2 heterocycles. The number of hydrazine groups is 1. The van der Waals surface area contributed by atoms with Crippen LogP contribution in [0, 0.1) is 13.8 Å². The molecule has 8 heteroatoms. The minimum absolute atomic E-state index is 0.201. The minimum atomic E-state index is -0.201. The molecule has 116 valence electrons. The van der Waals surface area contributed by atoms with Crippen molar-refractivity contribution in [2.45, 2.75) is 26.4 Å². The van der Waals surface area contributed by atoms with Gasteiger partial charge in [-0.25, -0.2) is 10.4 Å². The smallest absolute Gasteiger partial charge is 0.100 e. The van der Waals surface area contributed by atoms with Gasteiger partial charge in [-0.15, -0.1) is 11.3 Å². The maximum Gasteiger partial charge on any atom is 0.100 e. The van der Waals surface area contributed by atoms with Crippen molar-refractivity contribution in [2.75, 3.05) is 20.6 Å². The largest absolute Gasteiger partial charge is 0.308 e. The van der Waals surface area contributed by atoms with E-state index in [0.29, 0.717) is 5.02 Å². The molecule has 0 aliphatic rings. The van der Waals surface area contributed by atoms with Crippen LogP contribution in [0.25, 0.3) is 0 Å². The van der Waals surface area contributed by atoms with Crippen LogP contribution in [0.2, 0.25) is 5.02 Å². The lowest BCUT2D eigenvalue weighted by molar-refractivity contribution is 0.366. The third kappa shape index (κ3) is 3.61. The maximum atomic E-state index is 6.33. The van der Waals surface area contributed by atoms with Crippen molar-refractivity contribution in [2.24, 2.45) is 5.84 Å². The van der Waals surface area contributed by atoms with Crippen LogP contribution in [0.5, 0.6) is 0 Å². The number of nitrogens with one attached hydrogen (secondary N) is 1. The van der Waals surface area contributed by atoms with Gasteiger partial charge in [0, 0.05) is 6.54 Å². The first-order valence-corrected chi connectivity index (χ1v) is 7.89. The van der Waals surface area contributed by atoms with Crippen molar-refractivity contribution >= 4 is 22.9 Å². The summed E-state index contributed by atoms with van der Waals surface area (Å²) in [5.41, 5.74) is 4.71. The van der Waals surface area contributed by atoms with E-state index in [1.165, 1.54) is 0 Å². The summed E-state index contributed by atoms with van der Waals surface area (Å²) in [5.74, 6) is 5.79. The first kappa shape index (κ1) is 16.4. The molecule has 2 aromatic rings. The van der Waals surface area contributed by atoms with Crippen molar-refractivity contribution in [3.8, 4) is 0 Å². The molecule has 1 unspecified atom stereocenters. The number of aromatic nitrogens is 3. The fourth-order valence-electron chi connectivity index (χ4n) is 2.23. The van der Waals surface area contributed by atoms with Crippen LogP contribution < -0.4 is 11.3 Å². The number of nitrogens with two attached hydrogens (primary N) is 1. The fraction of sp³-hybridized carbons (Fsp3) is 0.538. The average Bonchev–Trinajstić information content (AvgIpc) is 2.93. The Morgan fingerprint density at radius 3 is 2.71 bits per heavy atom. The number of thiazole rings is 1. The Morgan fingerprint density at radius 2 is 2.19 bits per heavy atom. The molecule has 0 amide bonds. The van der Waals surface area contributed by atoms with Crippen LogP contribution in [0.1, 0.15) is 27.3 Å². The van der Waals surface area contributed by atoms with Crippen molar-refractivity contribution < 1.29 is 0 Å². The summed E-state index contributed by atoms with van der Waals surface area (Å²) in [4.78, 5) is 7.64. The predicted molar refractivity (Wildman–Crippen MR) is 86.5 cm³/mol. The molecule has 0 radical (unpaired) electrons. The second-order valence-electron chi connectivity index (χ2n) is 5.19. The number of aryl methyl sites for hydroxylation is 2. The zero-order valence-corrected chi connectivity index (χ0v) is 14.3. The molecule has 0 fully saturated rings. The lowest BCUT2D eigenvalue weighted by atomic mass is 10.1. The van der Waals surface area contributed by atoms with E-state index in [2.05, 4.69) is 20.4 Å². The van der Waals surface area contributed by atoms with Crippen molar-refractivity contribution in [1.29, 1.82) is 0 Å². The standard InChI is InChI=1S/C13H21ClN6S/c1-8-13(21-9(2)17-8)11(18-15)12-10(14)7-16-20(12)6-5-19(3)4/h7,11,18H,5-6,15H2,1-4H3. The van der Waals surface area contributed by atoms with Gasteiger partial charge in [0.05, 0.1) is 39.0 Å². The number of hydrogen-bond donors (Lipinski definition) is 2. The topological polar surface area (TPSA) is 72.0 Å². The van der Waals surface area contributed by atoms with Crippen LogP contribution in [0.15, 0.2) is 6.20 Å². The van der Waals surface area contributed by atoms with Gasteiger partial charge in [-0.3, -0.25) is 10.5 Å². The van der Waals surface area contributed by atoms with Gasteiger partial charge in [0.25, 0.3) is 0 Å². The maximum absolute atomic E-state index is 6.33. The average molecular weight is 329 g/mol. The van der Waals surface area contributed by atoms with Gasteiger partial charge in [0.2, 0.25) is 0 Å². The summed E-state index contributed by atoms with van der Waals surface area (Å²) in [6.07, 6.45) is 1.67. The Balaban J connectivity index is 2.38. The summed E-state index contributed by atoms with van der Waals surface area (Å²) in [5, 5.41) is 5.99. The highest BCUT2D eigenvalue weighted by Crippen LogP contribution is 2.33. The van der Waals surface area contributed by atoms with Gasteiger partial charge >= 0.3 is 0 Å². The van der Waals surface area contributed by atoms with Crippen LogP contribution in [-0.4, -0.2) is 40.3 Å². The number of halogens is 1. The molecule has 2 rings (SSSR count). The first-order valence-electron chi connectivity index (χ1n) is 6.70. The molecule has 2 aromatic heterocycles. The molecule has 1 atom stereocenters. The Kier molecular flexibility index (Phi) is 5.34. The lowest BCUT2D eigenvalue weighted by Gasteiger charge is -2.19. The molecule has 6 nitrogen and oxygen atoms in total. The normalized spacial score (nSPS) is 13.1. The van der Waals surface area contributed by atoms with Crippen molar-refractivity contribution in [1.82, 2.24) is 25.1 Å². The number of hydrogen-bond acceptors (Lipinski definition) is 6. The zero-order chi connectivity index (χ0) is 15.6. The summed E-state index contributed by atoms with van der Waals surface area (Å²) < 4.78 is 1.90. The quantitative estimate of drug-likeness (QED) is 0.624. The van der Waals surface area contributed by atoms with E-state index >= 15 is 0 Å². The molecule has 0 aliphatic heterocycles. The Labute approximate surface area is 133 Å². The van der Waals surface area contributed by atoms with Gasteiger partial charge in [-0.05, 0) is 27.9 Å². The van der Waals surface area contributed by atoms with E-state index in [1.54, 1.807) is 17.5 Å². The predicted octanol–water partition coefficient (Wildman–Crippen LogP) is 1.72. The first-order chi connectivity index (χ1) is 9.93. The van der Waals surface area contributed by atoms with E-state index in [9.17, 15) is 0 Å². The number of likely N-dealkylation sites (N-methyl/N-ethyl adjacent to an activating group) is 1. The highest BCUT2D eigenvalue weighted by atomic mass is 35.5. The molecule has 3 N–H and O–H groups in total. The molecule has 21 heavy (non-hydrogen) atoms. The zero-order valence-electron chi connectivity index (χ0n) is 12.7. The van der Waals surface area contributed by atoms with Crippen LogP contribution in [0.4, 0.5) is 0 Å². The summed E-state index contributed by atoms with van der Waals surface area (Å²) in [6.45, 7) is 5.60. The molecule has 0 spiro atoms. The molecule has 0 saturated carbocycles. The van der Waals surface area contributed by atoms with Crippen molar-refractivity contribution in [3.63, 3.8) is 0 Å². The molecular formula is C13H21ClN6S. The SMILES string of the molecule is Cc1nc(C)c(C(NN)c2c(Cl)cnn2CCN(C)C)s1. The van der Waals surface area contributed by atoms with Gasteiger partial charge in [-0.1, -0.05) is 11.6 Å². The van der Waals surface area contributed by atoms with E-state index in [4.69, 9.17) is 17.4 Å². The number of nitrogens with zero attached hydrogens (tertiary/aromatic N) is 4. The van der Waals surface area contributed by atoms with Gasteiger partial charge < -0.3 is 4.90 Å². The summed E-state index contributed by atoms with van der Waals surface area (Å²) in [7, 11) is 4.06. The van der Waals surface area contributed by atoms with E-state index in [-0.39, 0.29) is 6.04 Å². The molecule has 0 bridgehead atoms. The summed E-state index contributed by atoms with van der Waals surface area (Å²) in [6, 6.07) is -0.201. The van der Waals surface area contributed by atoms with Crippen LogP contribution in [-0.2, 0) is 6.54 Å².